The van der Waals surface area contributed by atoms with Crippen LogP contribution in [0.5, 0.6) is 0 Å². The van der Waals surface area contributed by atoms with Crippen LogP contribution in [-0.4, -0.2) is 62.9 Å². The molecule has 2 aliphatic heterocycles. The number of hydrogen-bond donors (Lipinski definition) is 2. The fraction of sp³-hybridized carbons (Fsp3) is 0.522. The number of amides is 2. The SMILES string of the molecule is Cl.Cl.NC(CC(=O)N1CCn2c(C(F)(F)F)nc(C(=O)N3CCCC(N)C3)c2C1)Cc1cc(F)c(F)cc1F. The second-order valence-electron chi connectivity index (χ2n) is 9.37. The molecule has 0 spiro atoms. The molecule has 0 aliphatic carbocycles. The lowest BCUT2D eigenvalue weighted by Gasteiger charge is -2.32. The third kappa shape index (κ3) is 7.16. The van der Waals surface area contributed by atoms with Crippen LogP contribution in [0.1, 0.15) is 46.8 Å². The number of alkyl halides is 3. The Kier molecular flexibility index (Phi) is 10.7. The van der Waals surface area contributed by atoms with Gasteiger partial charge >= 0.3 is 6.18 Å². The Hall–Kier alpha value is -2.55. The summed E-state index contributed by atoms with van der Waals surface area (Å²) in [5, 5.41) is 0. The molecule has 2 aromatic rings. The van der Waals surface area contributed by atoms with Gasteiger partial charge in [-0.1, -0.05) is 0 Å². The first-order valence-corrected chi connectivity index (χ1v) is 11.7. The number of aromatic nitrogens is 2. The van der Waals surface area contributed by atoms with Crippen LogP contribution in [0, 0.1) is 17.5 Å². The maximum Gasteiger partial charge on any atom is 0.449 e. The summed E-state index contributed by atoms with van der Waals surface area (Å²) < 4.78 is 82.5. The Morgan fingerprint density at radius 3 is 2.33 bits per heavy atom. The van der Waals surface area contributed by atoms with Crippen molar-refractivity contribution < 1.29 is 35.9 Å². The van der Waals surface area contributed by atoms with Gasteiger partial charge in [0.2, 0.25) is 11.7 Å². The Labute approximate surface area is 232 Å². The van der Waals surface area contributed by atoms with Crippen molar-refractivity contribution in [3.8, 4) is 0 Å². The first-order valence-electron chi connectivity index (χ1n) is 11.7. The first-order chi connectivity index (χ1) is 17.3. The van der Waals surface area contributed by atoms with Crippen LogP contribution in [0.15, 0.2) is 12.1 Å². The first kappa shape index (κ1) is 32.7. The van der Waals surface area contributed by atoms with E-state index in [1.54, 1.807) is 0 Å². The second kappa shape index (κ2) is 12.7. The van der Waals surface area contributed by atoms with Gasteiger partial charge in [0, 0.05) is 50.7 Å². The number of carbonyl (C=O) groups excluding carboxylic acids is 2. The molecule has 1 saturated heterocycles. The number of piperidine rings is 1. The van der Waals surface area contributed by atoms with Gasteiger partial charge in [0.15, 0.2) is 17.3 Å². The van der Waals surface area contributed by atoms with Crippen LogP contribution in [0.3, 0.4) is 0 Å². The Balaban J connectivity index is 0.00000267. The molecule has 16 heteroatoms. The normalized spacial score (nSPS) is 18.1. The minimum absolute atomic E-state index is 0. The van der Waals surface area contributed by atoms with Crippen LogP contribution >= 0.6 is 24.8 Å². The molecule has 218 valence electrons. The summed E-state index contributed by atoms with van der Waals surface area (Å²) in [4.78, 5) is 32.3. The van der Waals surface area contributed by atoms with E-state index in [0.717, 1.165) is 4.57 Å². The minimum atomic E-state index is -4.81. The fourth-order valence-electron chi connectivity index (χ4n) is 4.74. The van der Waals surface area contributed by atoms with Crippen LogP contribution in [-0.2, 0) is 30.5 Å². The Bertz CT molecular complexity index is 1210. The van der Waals surface area contributed by atoms with Gasteiger partial charge in [0.05, 0.1) is 12.2 Å². The lowest BCUT2D eigenvalue weighted by molar-refractivity contribution is -0.148. The van der Waals surface area contributed by atoms with E-state index in [0.29, 0.717) is 31.5 Å². The summed E-state index contributed by atoms with van der Waals surface area (Å²) in [6.45, 7) is -0.139. The zero-order chi connectivity index (χ0) is 27.1. The van der Waals surface area contributed by atoms with E-state index in [9.17, 15) is 35.9 Å². The van der Waals surface area contributed by atoms with Crippen LogP contribution in [0.25, 0.3) is 0 Å². The molecule has 2 amide bonds. The van der Waals surface area contributed by atoms with E-state index in [1.807, 2.05) is 0 Å². The lowest BCUT2D eigenvalue weighted by Crippen LogP contribution is -2.46. The summed E-state index contributed by atoms with van der Waals surface area (Å²) >= 11 is 0. The molecule has 3 heterocycles. The number of benzene rings is 1. The highest BCUT2D eigenvalue weighted by Crippen LogP contribution is 2.33. The molecule has 1 aromatic carbocycles. The summed E-state index contributed by atoms with van der Waals surface area (Å²) in [5.74, 6) is -6.07. The van der Waals surface area contributed by atoms with Crippen LogP contribution in [0.4, 0.5) is 26.3 Å². The number of likely N-dealkylation sites (tertiary alicyclic amines) is 1. The smallest absolute Gasteiger partial charge is 0.336 e. The van der Waals surface area contributed by atoms with Crippen molar-refractivity contribution in [2.24, 2.45) is 11.5 Å². The van der Waals surface area contributed by atoms with Crippen LogP contribution < -0.4 is 11.5 Å². The lowest BCUT2D eigenvalue weighted by atomic mass is 10.0. The molecule has 0 bridgehead atoms. The zero-order valence-corrected chi connectivity index (χ0v) is 22.2. The maximum atomic E-state index is 13.9. The summed E-state index contributed by atoms with van der Waals surface area (Å²) in [6.07, 6.45) is -4.11. The molecule has 1 aromatic heterocycles. The van der Waals surface area contributed by atoms with Crippen molar-refractivity contribution in [2.75, 3.05) is 19.6 Å². The highest BCUT2D eigenvalue weighted by Gasteiger charge is 2.42. The number of imidazole rings is 1. The largest absolute Gasteiger partial charge is 0.449 e. The quantitative estimate of drug-likeness (QED) is 0.403. The number of hydrogen-bond acceptors (Lipinski definition) is 5. The van der Waals surface area contributed by atoms with Gasteiger partial charge < -0.3 is 25.8 Å². The van der Waals surface area contributed by atoms with Crippen molar-refractivity contribution >= 4 is 36.6 Å². The van der Waals surface area contributed by atoms with Gasteiger partial charge in [0.1, 0.15) is 5.82 Å². The van der Waals surface area contributed by atoms with Gasteiger partial charge in [-0.25, -0.2) is 18.2 Å². The van der Waals surface area contributed by atoms with Crippen molar-refractivity contribution in [3.05, 3.63) is 52.4 Å². The van der Waals surface area contributed by atoms with Crippen molar-refractivity contribution in [1.82, 2.24) is 19.4 Å². The molecule has 2 atom stereocenters. The number of rotatable bonds is 5. The predicted molar refractivity (Wildman–Crippen MR) is 133 cm³/mol. The molecular formula is C23H28Cl2F6N6O2. The van der Waals surface area contributed by atoms with E-state index >= 15 is 0 Å². The van der Waals surface area contributed by atoms with E-state index < -0.39 is 47.3 Å². The maximum absolute atomic E-state index is 13.9. The minimum Gasteiger partial charge on any atom is -0.336 e. The number of fused-ring (bicyclic) bond motifs is 1. The molecular weight excluding hydrogens is 577 g/mol. The van der Waals surface area contributed by atoms with Crippen molar-refractivity contribution in [2.45, 2.75) is 57.0 Å². The average Bonchev–Trinajstić information content (AvgIpc) is 3.21. The summed E-state index contributed by atoms with van der Waals surface area (Å²) in [5.41, 5.74) is 11.2. The molecule has 0 radical (unpaired) electrons. The van der Waals surface area contributed by atoms with E-state index in [4.69, 9.17) is 11.5 Å². The standard InChI is InChI=1S/C23H26F6N6O2.2ClH/c24-15-9-17(26)16(25)7-12(15)6-14(31)8-19(36)33-4-5-35-18(11-33)20(32-22(35)23(27,28)29)21(37)34-3-1-2-13(30)10-34;;/h7,9,13-14H,1-6,8,10-11,30-31H2;2*1H. The Morgan fingerprint density at radius 2 is 1.69 bits per heavy atom. The average molecular weight is 605 g/mol. The van der Waals surface area contributed by atoms with Gasteiger partial charge in [-0.05, 0) is 30.9 Å². The number of halogens is 8. The fourth-order valence-corrected chi connectivity index (χ4v) is 4.74. The summed E-state index contributed by atoms with van der Waals surface area (Å²) in [7, 11) is 0. The molecule has 4 rings (SSSR count). The second-order valence-corrected chi connectivity index (χ2v) is 9.37. The van der Waals surface area contributed by atoms with Gasteiger partial charge in [0.25, 0.3) is 5.91 Å². The monoisotopic (exact) mass is 604 g/mol. The van der Waals surface area contributed by atoms with Gasteiger partial charge in [-0.3, -0.25) is 9.59 Å². The zero-order valence-electron chi connectivity index (χ0n) is 20.5. The van der Waals surface area contributed by atoms with E-state index in [-0.39, 0.29) is 86.8 Å². The van der Waals surface area contributed by atoms with Crippen LogP contribution in [0.2, 0.25) is 0 Å². The third-order valence-electron chi connectivity index (χ3n) is 6.57. The number of carbonyl (C=O) groups is 2. The van der Waals surface area contributed by atoms with Crippen molar-refractivity contribution in [3.63, 3.8) is 0 Å². The highest BCUT2D eigenvalue weighted by atomic mass is 35.5. The van der Waals surface area contributed by atoms with Crippen molar-refractivity contribution in [1.29, 1.82) is 0 Å². The van der Waals surface area contributed by atoms with Gasteiger partial charge in [-0.15, -0.1) is 24.8 Å². The Morgan fingerprint density at radius 1 is 1.03 bits per heavy atom. The molecule has 1 fully saturated rings. The van der Waals surface area contributed by atoms with E-state index in [2.05, 4.69) is 4.98 Å². The molecule has 8 nitrogen and oxygen atoms in total. The number of nitrogens with zero attached hydrogens (tertiary/aromatic N) is 4. The highest BCUT2D eigenvalue weighted by molar-refractivity contribution is 5.94. The summed E-state index contributed by atoms with van der Waals surface area (Å²) in [6, 6.07) is -0.216. The van der Waals surface area contributed by atoms with E-state index in [1.165, 1.54) is 9.80 Å². The predicted octanol–water partition coefficient (Wildman–Crippen LogP) is 3.03. The molecule has 2 unspecified atom stereocenters. The topological polar surface area (TPSA) is 110 Å². The molecule has 0 saturated carbocycles. The molecule has 2 aliphatic rings. The van der Waals surface area contributed by atoms with Gasteiger partial charge in [-0.2, -0.15) is 13.2 Å². The number of nitrogens with two attached hydrogens (primary N) is 2. The molecule has 4 N–H and O–H groups in total. The third-order valence-corrected chi connectivity index (χ3v) is 6.57. The molecule has 39 heavy (non-hydrogen) atoms.